The van der Waals surface area contributed by atoms with Gasteiger partial charge in [-0.05, 0) is 80.3 Å². The summed E-state index contributed by atoms with van der Waals surface area (Å²) in [5, 5.41) is 11.5. The molecule has 1 saturated heterocycles. The van der Waals surface area contributed by atoms with E-state index in [2.05, 4.69) is 6.07 Å². The Bertz CT molecular complexity index is 1110. The molecule has 5 heteroatoms. The third-order valence-electron chi connectivity index (χ3n) is 7.58. The SMILES string of the molecule is CCOc1ccc(C2/C(=C(/O)c3ccc4c(c3)CCCC4)C(=O)C(=O)N2C2CCCCC2)cc1. The number of fused-ring (bicyclic) bond motifs is 1. The number of nitrogens with zero attached hydrogens (tertiary/aromatic N) is 1. The highest BCUT2D eigenvalue weighted by Crippen LogP contribution is 2.43. The molecule has 1 unspecified atom stereocenters. The summed E-state index contributed by atoms with van der Waals surface area (Å²) in [4.78, 5) is 28.5. The Morgan fingerprint density at radius 2 is 1.65 bits per heavy atom. The largest absolute Gasteiger partial charge is 0.507 e. The number of hydrogen-bond acceptors (Lipinski definition) is 4. The van der Waals surface area contributed by atoms with Gasteiger partial charge in [0.2, 0.25) is 0 Å². The molecule has 2 aromatic carbocycles. The quantitative estimate of drug-likeness (QED) is 0.353. The lowest BCUT2D eigenvalue weighted by Crippen LogP contribution is -2.40. The van der Waals surface area contributed by atoms with Crippen molar-refractivity contribution in [2.45, 2.75) is 76.8 Å². The van der Waals surface area contributed by atoms with Gasteiger partial charge in [0.05, 0.1) is 18.2 Å². The Kier molecular flexibility index (Phi) is 6.44. The third kappa shape index (κ3) is 4.13. The summed E-state index contributed by atoms with van der Waals surface area (Å²) in [5.74, 6) is -0.399. The highest BCUT2D eigenvalue weighted by atomic mass is 16.5. The fourth-order valence-electron chi connectivity index (χ4n) is 5.86. The number of carbonyl (C=O) groups is 2. The number of ether oxygens (including phenoxy) is 1. The third-order valence-corrected chi connectivity index (χ3v) is 7.58. The summed E-state index contributed by atoms with van der Waals surface area (Å²) >= 11 is 0. The van der Waals surface area contributed by atoms with E-state index in [-0.39, 0.29) is 17.4 Å². The Morgan fingerprint density at radius 3 is 2.35 bits per heavy atom. The predicted octanol–water partition coefficient (Wildman–Crippen LogP) is 5.72. The second-order valence-electron chi connectivity index (χ2n) is 9.69. The van der Waals surface area contributed by atoms with Gasteiger partial charge in [0.15, 0.2) is 0 Å². The monoisotopic (exact) mass is 459 g/mol. The average Bonchev–Trinajstić information content (AvgIpc) is 3.14. The molecule has 34 heavy (non-hydrogen) atoms. The fourth-order valence-corrected chi connectivity index (χ4v) is 5.86. The molecule has 1 aliphatic heterocycles. The zero-order valence-electron chi connectivity index (χ0n) is 19.9. The van der Waals surface area contributed by atoms with Gasteiger partial charge >= 0.3 is 0 Å². The molecule has 0 aromatic heterocycles. The van der Waals surface area contributed by atoms with Gasteiger partial charge in [-0.15, -0.1) is 0 Å². The minimum atomic E-state index is -0.588. The molecular formula is C29H33NO4. The van der Waals surface area contributed by atoms with E-state index in [1.54, 1.807) is 4.90 Å². The highest BCUT2D eigenvalue weighted by Gasteiger charge is 2.48. The second kappa shape index (κ2) is 9.65. The van der Waals surface area contributed by atoms with Crippen molar-refractivity contribution < 1.29 is 19.4 Å². The maximum Gasteiger partial charge on any atom is 0.295 e. The Morgan fingerprint density at radius 1 is 0.941 bits per heavy atom. The summed E-state index contributed by atoms with van der Waals surface area (Å²) < 4.78 is 5.60. The van der Waals surface area contributed by atoms with Crippen molar-refractivity contribution in [3.05, 3.63) is 70.3 Å². The van der Waals surface area contributed by atoms with Crippen LogP contribution in [-0.2, 0) is 22.4 Å². The van der Waals surface area contributed by atoms with Crippen molar-refractivity contribution in [1.29, 1.82) is 0 Å². The number of ketones is 1. The minimum Gasteiger partial charge on any atom is -0.507 e. The summed E-state index contributed by atoms with van der Waals surface area (Å²) in [6.45, 7) is 2.50. The molecule has 1 amide bonds. The molecule has 178 valence electrons. The van der Waals surface area contributed by atoms with E-state index in [1.807, 2.05) is 43.3 Å². The van der Waals surface area contributed by atoms with Crippen LogP contribution in [-0.4, -0.2) is 34.3 Å². The molecular weight excluding hydrogens is 426 g/mol. The number of aliphatic hydroxyl groups excluding tert-OH is 1. The second-order valence-corrected chi connectivity index (χ2v) is 9.69. The van der Waals surface area contributed by atoms with Gasteiger partial charge in [-0.25, -0.2) is 0 Å². The molecule has 5 nitrogen and oxygen atoms in total. The lowest BCUT2D eigenvalue weighted by molar-refractivity contribution is -0.141. The first-order chi connectivity index (χ1) is 16.6. The van der Waals surface area contributed by atoms with Crippen molar-refractivity contribution in [1.82, 2.24) is 4.90 Å². The Hall–Kier alpha value is -3.08. The molecule has 2 fully saturated rings. The molecule has 1 atom stereocenters. The molecule has 1 saturated carbocycles. The highest BCUT2D eigenvalue weighted by molar-refractivity contribution is 6.46. The number of aliphatic hydroxyl groups is 1. The molecule has 3 aliphatic rings. The number of Topliss-reactive ketones (excluding diaryl/α,β-unsaturated/α-hetero) is 1. The van der Waals surface area contributed by atoms with Crippen LogP contribution in [0.15, 0.2) is 48.0 Å². The lowest BCUT2D eigenvalue weighted by Gasteiger charge is -2.35. The van der Waals surface area contributed by atoms with Gasteiger partial charge in [0.25, 0.3) is 11.7 Å². The number of hydrogen-bond donors (Lipinski definition) is 1. The van der Waals surface area contributed by atoms with E-state index in [0.29, 0.717) is 12.2 Å². The molecule has 2 aliphatic carbocycles. The van der Waals surface area contributed by atoms with E-state index < -0.39 is 17.7 Å². The van der Waals surface area contributed by atoms with Crippen LogP contribution in [0.3, 0.4) is 0 Å². The zero-order valence-corrected chi connectivity index (χ0v) is 19.9. The van der Waals surface area contributed by atoms with Crippen molar-refractivity contribution in [3.63, 3.8) is 0 Å². The van der Waals surface area contributed by atoms with Crippen LogP contribution >= 0.6 is 0 Å². The molecule has 0 spiro atoms. The normalized spacial score (nSPS) is 22.6. The van der Waals surface area contributed by atoms with Crippen LogP contribution in [0.1, 0.15) is 80.2 Å². The molecule has 2 aromatic rings. The van der Waals surface area contributed by atoms with E-state index in [0.717, 1.165) is 62.7 Å². The van der Waals surface area contributed by atoms with Crippen molar-refractivity contribution in [3.8, 4) is 5.75 Å². The number of likely N-dealkylation sites (tertiary alicyclic amines) is 1. The van der Waals surface area contributed by atoms with E-state index in [4.69, 9.17) is 4.74 Å². The summed E-state index contributed by atoms with van der Waals surface area (Å²) in [6.07, 6.45) is 9.38. The predicted molar refractivity (Wildman–Crippen MR) is 132 cm³/mol. The van der Waals surface area contributed by atoms with Crippen LogP contribution in [0.4, 0.5) is 0 Å². The number of benzene rings is 2. The maximum atomic E-state index is 13.4. The lowest BCUT2D eigenvalue weighted by atomic mass is 9.88. The Balaban J connectivity index is 1.61. The van der Waals surface area contributed by atoms with Crippen molar-refractivity contribution >= 4 is 17.4 Å². The number of rotatable bonds is 5. The zero-order chi connectivity index (χ0) is 23.7. The van der Waals surface area contributed by atoms with Crippen LogP contribution in [0.5, 0.6) is 5.75 Å². The van der Waals surface area contributed by atoms with Crippen molar-refractivity contribution in [2.24, 2.45) is 0 Å². The first-order valence-corrected chi connectivity index (χ1v) is 12.7. The van der Waals surface area contributed by atoms with E-state index >= 15 is 0 Å². The summed E-state index contributed by atoms with van der Waals surface area (Å²) in [5.41, 5.74) is 4.20. The Labute approximate surface area is 201 Å². The van der Waals surface area contributed by atoms with Gasteiger partial charge in [0.1, 0.15) is 11.5 Å². The van der Waals surface area contributed by atoms with Gasteiger partial charge in [-0.2, -0.15) is 0 Å². The first-order valence-electron chi connectivity index (χ1n) is 12.7. The van der Waals surface area contributed by atoms with Crippen LogP contribution in [0.2, 0.25) is 0 Å². The van der Waals surface area contributed by atoms with Gasteiger partial charge in [-0.1, -0.05) is 43.5 Å². The van der Waals surface area contributed by atoms with Crippen LogP contribution < -0.4 is 4.74 Å². The summed E-state index contributed by atoms with van der Waals surface area (Å²) in [6, 6.07) is 13.0. The fraction of sp³-hybridized carbons (Fsp3) is 0.448. The average molecular weight is 460 g/mol. The topological polar surface area (TPSA) is 66.8 Å². The number of carbonyl (C=O) groups excluding carboxylic acids is 2. The van der Waals surface area contributed by atoms with E-state index in [1.165, 1.54) is 17.5 Å². The number of amides is 1. The van der Waals surface area contributed by atoms with Gasteiger partial charge in [0, 0.05) is 11.6 Å². The van der Waals surface area contributed by atoms with Gasteiger partial charge in [-0.3, -0.25) is 9.59 Å². The van der Waals surface area contributed by atoms with Gasteiger partial charge < -0.3 is 14.7 Å². The molecule has 5 rings (SSSR count). The maximum absolute atomic E-state index is 13.4. The first kappa shape index (κ1) is 22.7. The molecule has 0 radical (unpaired) electrons. The van der Waals surface area contributed by atoms with Crippen molar-refractivity contribution in [2.75, 3.05) is 6.61 Å². The standard InChI is InChI=1S/C29H33NO4/c1-2-34-24-16-14-20(15-17-24)26-25(28(32)29(33)30(26)23-10-4-3-5-11-23)27(31)22-13-12-19-8-6-7-9-21(19)18-22/h12-18,23,26,31H,2-11H2,1H3/b27-25-. The van der Waals surface area contributed by atoms with Crippen LogP contribution in [0, 0.1) is 0 Å². The minimum absolute atomic E-state index is 0.00982. The summed E-state index contributed by atoms with van der Waals surface area (Å²) in [7, 11) is 0. The molecule has 1 heterocycles. The number of aryl methyl sites for hydroxylation is 2. The smallest absolute Gasteiger partial charge is 0.295 e. The molecule has 0 bridgehead atoms. The van der Waals surface area contributed by atoms with E-state index in [9.17, 15) is 14.7 Å². The molecule has 1 N–H and O–H groups in total. The van der Waals surface area contributed by atoms with Crippen LogP contribution in [0.25, 0.3) is 5.76 Å².